The van der Waals surface area contributed by atoms with E-state index in [4.69, 9.17) is 4.74 Å². The predicted molar refractivity (Wildman–Crippen MR) is 202 cm³/mol. The Bertz CT molecular complexity index is 2080. The third-order valence-corrected chi connectivity index (χ3v) is 9.05. The molecule has 0 saturated heterocycles. The normalized spacial score (nSPS) is 11.8. The van der Waals surface area contributed by atoms with Crippen molar-refractivity contribution < 1.29 is 14.6 Å². The number of anilines is 4. The van der Waals surface area contributed by atoms with Gasteiger partial charge in [-0.2, -0.15) is 0 Å². The minimum absolute atomic E-state index is 0.245. The minimum atomic E-state index is -0.967. The fourth-order valence-corrected chi connectivity index (χ4v) is 6.60. The van der Waals surface area contributed by atoms with E-state index < -0.39 is 5.97 Å². The van der Waals surface area contributed by atoms with Gasteiger partial charge in [0.05, 0.1) is 5.56 Å². The van der Waals surface area contributed by atoms with Gasteiger partial charge in [-0.3, -0.25) is 0 Å². The second kappa shape index (κ2) is 14.0. The molecule has 1 N–H and O–H groups in total. The van der Waals surface area contributed by atoms with Crippen LogP contribution in [0.5, 0.6) is 11.5 Å². The zero-order valence-corrected chi connectivity index (χ0v) is 27.7. The number of hydrogen-bond donors (Lipinski definition) is 1. The van der Waals surface area contributed by atoms with Gasteiger partial charge in [0, 0.05) is 59.0 Å². The summed E-state index contributed by atoms with van der Waals surface area (Å²) in [6.45, 7) is 6.18. The van der Waals surface area contributed by atoms with Gasteiger partial charge in [0.2, 0.25) is 0 Å². The second-order valence-electron chi connectivity index (χ2n) is 12.1. The second-order valence-corrected chi connectivity index (χ2v) is 12.1. The highest BCUT2D eigenvalue weighted by atomic mass is 16.5. The van der Waals surface area contributed by atoms with Crippen LogP contribution in [0.3, 0.4) is 0 Å². The Morgan fingerprint density at radius 2 is 1.22 bits per heavy atom. The van der Waals surface area contributed by atoms with Crippen LogP contribution < -0.4 is 14.5 Å². The van der Waals surface area contributed by atoms with Crippen molar-refractivity contribution in [2.45, 2.75) is 20.3 Å². The molecule has 242 valence electrons. The first-order chi connectivity index (χ1) is 24.0. The van der Waals surface area contributed by atoms with Gasteiger partial charge in [-0.25, -0.2) is 4.79 Å². The molecule has 7 rings (SSSR count). The molecule has 0 fully saturated rings. The van der Waals surface area contributed by atoms with Crippen molar-refractivity contribution in [3.8, 4) is 22.6 Å². The maximum absolute atomic E-state index is 12.3. The zero-order chi connectivity index (χ0) is 33.7. The summed E-state index contributed by atoms with van der Waals surface area (Å²) in [6.07, 6.45) is 4.88. The molecule has 0 radical (unpaired) electrons. The smallest absolute Gasteiger partial charge is 0.336 e. The minimum Gasteiger partial charge on any atom is -0.478 e. The molecule has 0 unspecified atom stereocenters. The van der Waals surface area contributed by atoms with Crippen molar-refractivity contribution in [1.29, 1.82) is 0 Å². The molecule has 0 spiro atoms. The molecular formula is C44H38N2O3. The van der Waals surface area contributed by atoms with Gasteiger partial charge in [-0.05, 0) is 103 Å². The summed E-state index contributed by atoms with van der Waals surface area (Å²) >= 11 is 0. The first-order valence-electron chi connectivity index (χ1n) is 16.8. The first kappa shape index (κ1) is 31.5. The number of rotatable bonds is 10. The topological polar surface area (TPSA) is 53.0 Å². The molecule has 5 nitrogen and oxygen atoms in total. The number of hydrogen-bond acceptors (Lipinski definition) is 4. The molecule has 0 bridgehead atoms. The van der Waals surface area contributed by atoms with Crippen LogP contribution in [0, 0.1) is 0 Å². The van der Waals surface area contributed by atoms with Gasteiger partial charge in [0.25, 0.3) is 0 Å². The molecule has 0 aromatic heterocycles. The fourth-order valence-electron chi connectivity index (χ4n) is 6.60. The number of carboxylic acids is 1. The summed E-state index contributed by atoms with van der Waals surface area (Å²) < 4.78 is 6.59. The number of carboxylic acid groups (broad SMARTS) is 1. The van der Waals surface area contributed by atoms with Crippen molar-refractivity contribution in [3.63, 3.8) is 0 Å². The lowest BCUT2D eigenvalue weighted by atomic mass is 9.90. The average Bonchev–Trinajstić information content (AvgIpc) is 3.15. The molecule has 49 heavy (non-hydrogen) atoms. The number of carbonyl (C=O) groups is 1. The van der Waals surface area contributed by atoms with Gasteiger partial charge in [-0.15, -0.1) is 0 Å². The number of fused-ring (bicyclic) bond motifs is 2. The number of benzene rings is 6. The highest BCUT2D eigenvalue weighted by molar-refractivity contribution is 5.98. The lowest BCUT2D eigenvalue weighted by Gasteiger charge is -2.27. The summed E-state index contributed by atoms with van der Waals surface area (Å²) in [5.41, 5.74) is 10.2. The summed E-state index contributed by atoms with van der Waals surface area (Å²) in [7, 11) is 0. The van der Waals surface area contributed by atoms with E-state index in [9.17, 15) is 9.90 Å². The van der Waals surface area contributed by atoms with Crippen molar-refractivity contribution >= 4 is 40.9 Å². The van der Waals surface area contributed by atoms with Crippen molar-refractivity contribution in [2.24, 2.45) is 0 Å². The van der Waals surface area contributed by atoms with E-state index in [1.54, 1.807) is 12.1 Å². The third-order valence-electron chi connectivity index (χ3n) is 9.05. The quantitative estimate of drug-likeness (QED) is 0.150. The van der Waals surface area contributed by atoms with E-state index in [0.717, 1.165) is 63.7 Å². The van der Waals surface area contributed by atoms with Crippen LogP contribution in [0.15, 0.2) is 140 Å². The molecular weight excluding hydrogens is 604 g/mol. The predicted octanol–water partition coefficient (Wildman–Crippen LogP) is 11.2. The van der Waals surface area contributed by atoms with E-state index in [0.29, 0.717) is 17.7 Å². The highest BCUT2D eigenvalue weighted by Crippen LogP contribution is 2.45. The number of aromatic carboxylic acids is 1. The summed E-state index contributed by atoms with van der Waals surface area (Å²) in [6, 6.07) is 46.9. The Morgan fingerprint density at radius 1 is 0.633 bits per heavy atom. The van der Waals surface area contributed by atoms with E-state index in [2.05, 4.69) is 127 Å². The standard InChI is InChI=1S/C44H38N2O3/c1-3-45(4-2)38-25-26-42-33(30-38)29-34-27-32(28-41(43(34)49-42)39-17-11-12-18-40(39)44(47)48)20-19-31-21-23-37(24-22-31)46(35-13-7-5-8-14-35)36-15-9-6-10-16-36/h5-28,30H,3-4,29H2,1-2H3,(H,47,48)/b20-19+. The molecule has 0 amide bonds. The molecule has 5 heteroatoms. The zero-order valence-electron chi connectivity index (χ0n) is 27.7. The largest absolute Gasteiger partial charge is 0.478 e. The Kier molecular flexibility index (Phi) is 8.98. The molecule has 1 heterocycles. The molecule has 1 aliphatic heterocycles. The van der Waals surface area contributed by atoms with Gasteiger partial charge < -0.3 is 19.6 Å². The van der Waals surface area contributed by atoms with E-state index in [-0.39, 0.29) is 5.56 Å². The van der Waals surface area contributed by atoms with Crippen LogP contribution in [-0.4, -0.2) is 24.2 Å². The summed E-state index contributed by atoms with van der Waals surface area (Å²) in [5.74, 6) is 0.548. The molecule has 6 aromatic carbocycles. The molecule has 0 aliphatic carbocycles. The van der Waals surface area contributed by atoms with Crippen LogP contribution in [0.25, 0.3) is 23.3 Å². The van der Waals surface area contributed by atoms with Crippen LogP contribution in [0.1, 0.15) is 46.5 Å². The highest BCUT2D eigenvalue weighted by Gasteiger charge is 2.24. The SMILES string of the molecule is CCN(CC)c1ccc2c(c1)Cc1cc(/C=C/c3ccc(N(c4ccccc4)c4ccccc4)cc3)cc(-c3ccccc3C(=O)O)c1O2. The van der Waals surface area contributed by atoms with Crippen LogP contribution in [0.2, 0.25) is 0 Å². The van der Waals surface area contributed by atoms with Crippen molar-refractivity contribution in [3.05, 3.63) is 167 Å². The Morgan fingerprint density at radius 3 is 1.88 bits per heavy atom. The first-order valence-corrected chi connectivity index (χ1v) is 16.8. The van der Waals surface area contributed by atoms with Crippen LogP contribution in [0.4, 0.5) is 22.7 Å². The number of nitrogens with zero attached hydrogens (tertiary/aromatic N) is 2. The molecule has 6 aromatic rings. The van der Waals surface area contributed by atoms with Gasteiger partial charge in [0.15, 0.2) is 0 Å². The third kappa shape index (κ3) is 6.56. The van der Waals surface area contributed by atoms with Crippen molar-refractivity contribution in [1.82, 2.24) is 0 Å². The van der Waals surface area contributed by atoms with Gasteiger partial charge in [0.1, 0.15) is 11.5 Å². The van der Waals surface area contributed by atoms with E-state index in [1.165, 1.54) is 5.69 Å². The molecule has 1 aliphatic rings. The number of ether oxygens (including phenoxy) is 1. The Labute approximate surface area is 288 Å². The lowest BCUT2D eigenvalue weighted by Crippen LogP contribution is -2.22. The summed E-state index contributed by atoms with van der Waals surface area (Å²) in [4.78, 5) is 16.9. The van der Waals surface area contributed by atoms with E-state index >= 15 is 0 Å². The lowest BCUT2D eigenvalue weighted by molar-refractivity contribution is 0.0697. The number of para-hydroxylation sites is 2. The van der Waals surface area contributed by atoms with Crippen molar-refractivity contribution in [2.75, 3.05) is 22.9 Å². The van der Waals surface area contributed by atoms with E-state index in [1.807, 2.05) is 36.4 Å². The maximum atomic E-state index is 12.3. The average molecular weight is 643 g/mol. The maximum Gasteiger partial charge on any atom is 0.336 e. The van der Waals surface area contributed by atoms with Crippen LogP contribution >= 0.6 is 0 Å². The molecule has 0 atom stereocenters. The summed E-state index contributed by atoms with van der Waals surface area (Å²) in [5, 5.41) is 10.1. The van der Waals surface area contributed by atoms with Gasteiger partial charge >= 0.3 is 5.97 Å². The molecule has 0 saturated carbocycles. The van der Waals surface area contributed by atoms with Crippen LogP contribution in [-0.2, 0) is 6.42 Å². The monoisotopic (exact) mass is 642 g/mol. The Balaban J connectivity index is 1.25. The fraction of sp³-hybridized carbons (Fsp3) is 0.114. The Hall–Kier alpha value is -6.07. The van der Waals surface area contributed by atoms with Gasteiger partial charge in [-0.1, -0.05) is 78.9 Å².